The molecule has 1 fully saturated rings. The van der Waals surface area contributed by atoms with Crippen molar-refractivity contribution < 1.29 is 23.4 Å². The molecule has 2 aromatic carbocycles. The molecule has 0 aromatic heterocycles. The third kappa shape index (κ3) is 5.78. The van der Waals surface area contributed by atoms with Crippen LogP contribution in [0.2, 0.25) is 0 Å². The summed E-state index contributed by atoms with van der Waals surface area (Å²) in [7, 11) is 0. The van der Waals surface area contributed by atoms with E-state index in [0.29, 0.717) is 18.0 Å². The van der Waals surface area contributed by atoms with E-state index < -0.39 is 6.10 Å². The second-order valence-corrected chi connectivity index (χ2v) is 7.00. The molecule has 0 radical (unpaired) electrons. The largest absolute Gasteiger partial charge is 0.489 e. The van der Waals surface area contributed by atoms with Crippen molar-refractivity contribution in [3.05, 3.63) is 59.4 Å². The molecule has 1 aliphatic rings. The van der Waals surface area contributed by atoms with Gasteiger partial charge in [-0.25, -0.2) is 4.39 Å². The maximum Gasteiger partial charge on any atom is 0.253 e. The van der Waals surface area contributed by atoms with E-state index in [-0.39, 0.29) is 24.4 Å². The number of carbonyl (C=O) groups is 1. The Morgan fingerprint density at radius 2 is 2.18 bits per heavy atom. The van der Waals surface area contributed by atoms with E-state index >= 15 is 0 Å². The lowest BCUT2D eigenvalue weighted by Crippen LogP contribution is -2.30. The van der Waals surface area contributed by atoms with Crippen molar-refractivity contribution in [2.75, 3.05) is 18.5 Å². The lowest BCUT2D eigenvalue weighted by Gasteiger charge is -2.17. The van der Waals surface area contributed by atoms with Crippen LogP contribution in [0.4, 0.5) is 10.1 Å². The summed E-state index contributed by atoms with van der Waals surface area (Å²) in [5, 5.41) is 2.88. The average molecular weight is 387 g/mol. The number of anilines is 1. The molecule has 1 aliphatic heterocycles. The molecule has 1 N–H and O–H groups in total. The van der Waals surface area contributed by atoms with E-state index in [4.69, 9.17) is 14.2 Å². The molecule has 2 aromatic rings. The second-order valence-electron chi connectivity index (χ2n) is 7.00. The van der Waals surface area contributed by atoms with Gasteiger partial charge in [0.05, 0.1) is 12.7 Å². The van der Waals surface area contributed by atoms with Gasteiger partial charge in [-0.05, 0) is 68.1 Å². The normalized spacial score (nSPS) is 17.3. The van der Waals surface area contributed by atoms with Crippen LogP contribution in [-0.2, 0) is 20.9 Å². The molecule has 6 heteroatoms. The van der Waals surface area contributed by atoms with Crippen molar-refractivity contribution in [1.82, 2.24) is 0 Å². The summed E-state index contributed by atoms with van der Waals surface area (Å²) in [4.78, 5) is 12.4. The van der Waals surface area contributed by atoms with Gasteiger partial charge >= 0.3 is 0 Å². The Balaban J connectivity index is 1.50. The van der Waals surface area contributed by atoms with E-state index in [0.717, 1.165) is 30.6 Å². The summed E-state index contributed by atoms with van der Waals surface area (Å²) < 4.78 is 30.1. The summed E-state index contributed by atoms with van der Waals surface area (Å²) >= 11 is 0. The zero-order chi connectivity index (χ0) is 19.9. The molecule has 1 heterocycles. The summed E-state index contributed by atoms with van der Waals surface area (Å²) in [5.74, 6) is 0.170. The molecular formula is C22H26FNO4. The minimum Gasteiger partial charge on any atom is -0.489 e. The van der Waals surface area contributed by atoms with Crippen LogP contribution in [0, 0.1) is 12.7 Å². The first-order chi connectivity index (χ1) is 13.5. The van der Waals surface area contributed by atoms with Crippen LogP contribution in [0.5, 0.6) is 5.75 Å². The molecular weight excluding hydrogens is 361 g/mol. The van der Waals surface area contributed by atoms with E-state index in [1.165, 1.54) is 12.1 Å². The van der Waals surface area contributed by atoms with Gasteiger partial charge in [-0.1, -0.05) is 12.1 Å². The first-order valence-corrected chi connectivity index (χ1v) is 9.53. The highest BCUT2D eigenvalue weighted by molar-refractivity contribution is 5.94. The smallest absolute Gasteiger partial charge is 0.253 e. The molecule has 0 saturated carbocycles. The fraction of sp³-hybridized carbons (Fsp3) is 0.409. The molecule has 3 rings (SSSR count). The number of hydrogen-bond donors (Lipinski definition) is 1. The number of nitrogens with one attached hydrogen (secondary N) is 1. The van der Waals surface area contributed by atoms with E-state index in [1.54, 1.807) is 25.1 Å². The minimum absolute atomic E-state index is 0.0894. The van der Waals surface area contributed by atoms with E-state index in [1.807, 2.05) is 19.1 Å². The van der Waals surface area contributed by atoms with Gasteiger partial charge < -0.3 is 19.5 Å². The molecule has 2 atom stereocenters. The van der Waals surface area contributed by atoms with E-state index in [2.05, 4.69) is 5.32 Å². The molecule has 0 aliphatic carbocycles. The fourth-order valence-electron chi connectivity index (χ4n) is 3.00. The molecule has 1 amide bonds. The number of benzene rings is 2. The molecule has 0 spiro atoms. The van der Waals surface area contributed by atoms with Gasteiger partial charge in [0.1, 0.15) is 24.3 Å². The number of aryl methyl sites for hydroxylation is 1. The lowest BCUT2D eigenvalue weighted by atomic mass is 10.2. The zero-order valence-electron chi connectivity index (χ0n) is 16.2. The number of halogens is 1. The standard InChI is InChI=1S/C22H26FNO4/c1-15-11-19(28-13-17-5-3-6-18(23)12-17)8-9-21(15)24-22(25)16(2)27-14-20-7-4-10-26-20/h3,5-6,8-9,11-12,16,20H,4,7,10,13-14H2,1-2H3,(H,24,25). The topological polar surface area (TPSA) is 56.8 Å². The third-order valence-electron chi connectivity index (χ3n) is 4.68. The van der Waals surface area contributed by atoms with E-state index in [9.17, 15) is 9.18 Å². The van der Waals surface area contributed by atoms with Gasteiger partial charge in [-0.2, -0.15) is 0 Å². The van der Waals surface area contributed by atoms with Gasteiger partial charge in [0.2, 0.25) is 0 Å². The monoisotopic (exact) mass is 387 g/mol. The highest BCUT2D eigenvalue weighted by Crippen LogP contribution is 2.23. The van der Waals surface area contributed by atoms with Crippen molar-refractivity contribution in [2.45, 2.75) is 45.5 Å². The first-order valence-electron chi connectivity index (χ1n) is 9.53. The number of carbonyl (C=O) groups excluding carboxylic acids is 1. The number of amides is 1. The van der Waals surface area contributed by atoms with Gasteiger partial charge in [-0.3, -0.25) is 4.79 Å². The molecule has 1 saturated heterocycles. The maximum atomic E-state index is 13.2. The summed E-state index contributed by atoms with van der Waals surface area (Å²) in [6.45, 7) is 5.09. The number of rotatable bonds is 8. The van der Waals surface area contributed by atoms with Crippen LogP contribution in [0.15, 0.2) is 42.5 Å². The van der Waals surface area contributed by atoms with Gasteiger partial charge in [0.25, 0.3) is 5.91 Å². The first kappa shape index (κ1) is 20.3. The maximum absolute atomic E-state index is 13.2. The summed E-state index contributed by atoms with van der Waals surface area (Å²) in [5.41, 5.74) is 2.33. The highest BCUT2D eigenvalue weighted by atomic mass is 19.1. The highest BCUT2D eigenvalue weighted by Gasteiger charge is 2.20. The van der Waals surface area contributed by atoms with Gasteiger partial charge in [0.15, 0.2) is 0 Å². The molecule has 150 valence electrons. The predicted octanol–water partition coefficient (Wildman–Crippen LogP) is 4.24. The Labute approximate surface area is 164 Å². The minimum atomic E-state index is -0.562. The third-order valence-corrected chi connectivity index (χ3v) is 4.68. The van der Waals surface area contributed by atoms with Crippen LogP contribution in [0.1, 0.15) is 30.9 Å². The molecule has 2 unspecified atom stereocenters. The number of hydrogen-bond acceptors (Lipinski definition) is 4. The summed E-state index contributed by atoms with van der Waals surface area (Å²) in [6.07, 6.45) is 1.55. The Bertz CT molecular complexity index is 805. The van der Waals surface area contributed by atoms with Crippen molar-refractivity contribution in [1.29, 1.82) is 0 Å². The quantitative estimate of drug-likeness (QED) is 0.736. The Morgan fingerprint density at radius 1 is 1.32 bits per heavy atom. The van der Waals surface area contributed by atoms with Crippen LogP contribution in [-0.4, -0.2) is 31.3 Å². The molecule has 28 heavy (non-hydrogen) atoms. The Morgan fingerprint density at radius 3 is 2.89 bits per heavy atom. The number of ether oxygens (including phenoxy) is 3. The zero-order valence-corrected chi connectivity index (χ0v) is 16.2. The summed E-state index contributed by atoms with van der Waals surface area (Å²) in [6, 6.07) is 11.7. The van der Waals surface area contributed by atoms with Gasteiger partial charge in [0, 0.05) is 12.3 Å². The molecule has 0 bridgehead atoms. The van der Waals surface area contributed by atoms with Crippen molar-refractivity contribution in [3.8, 4) is 5.75 Å². The SMILES string of the molecule is Cc1cc(OCc2cccc(F)c2)ccc1NC(=O)C(C)OCC1CCCO1. The Kier molecular flexibility index (Phi) is 7.01. The fourth-order valence-corrected chi connectivity index (χ4v) is 3.00. The van der Waals surface area contributed by atoms with Crippen molar-refractivity contribution >= 4 is 11.6 Å². The van der Waals surface area contributed by atoms with Gasteiger partial charge in [-0.15, -0.1) is 0 Å². The van der Waals surface area contributed by atoms with Crippen molar-refractivity contribution in [2.24, 2.45) is 0 Å². The van der Waals surface area contributed by atoms with Crippen LogP contribution in [0.3, 0.4) is 0 Å². The Hall–Kier alpha value is -2.44. The lowest BCUT2D eigenvalue weighted by molar-refractivity contribution is -0.128. The van der Waals surface area contributed by atoms with Crippen molar-refractivity contribution in [3.63, 3.8) is 0 Å². The molecule has 5 nitrogen and oxygen atoms in total. The average Bonchev–Trinajstić information content (AvgIpc) is 3.20. The van der Waals surface area contributed by atoms with Crippen LogP contribution < -0.4 is 10.1 Å². The van der Waals surface area contributed by atoms with Crippen LogP contribution >= 0.6 is 0 Å². The van der Waals surface area contributed by atoms with Crippen LogP contribution in [0.25, 0.3) is 0 Å². The predicted molar refractivity (Wildman–Crippen MR) is 105 cm³/mol. The second kappa shape index (κ2) is 9.66.